The van der Waals surface area contributed by atoms with Gasteiger partial charge in [-0.1, -0.05) is 133 Å². The van der Waals surface area contributed by atoms with Gasteiger partial charge in [0.2, 0.25) is 0 Å². The molecule has 0 aliphatic heterocycles. The van der Waals surface area contributed by atoms with Gasteiger partial charge in [0.15, 0.2) is 0 Å². The summed E-state index contributed by atoms with van der Waals surface area (Å²) in [6.07, 6.45) is 6.40. The molecule has 0 saturated heterocycles. The Morgan fingerprint density at radius 3 is 1.78 bits per heavy atom. The van der Waals surface area contributed by atoms with Crippen molar-refractivity contribution in [1.29, 1.82) is 0 Å². The van der Waals surface area contributed by atoms with Crippen LogP contribution in [0.5, 0.6) is 0 Å². The number of furan rings is 1. The molecule has 11 rings (SSSR count). The minimum Gasteiger partial charge on any atom is -0.456 e. The van der Waals surface area contributed by atoms with Crippen molar-refractivity contribution in [3.8, 4) is 50.3 Å². The molecule has 0 fully saturated rings. The van der Waals surface area contributed by atoms with E-state index in [1.54, 1.807) is 0 Å². The summed E-state index contributed by atoms with van der Waals surface area (Å²) in [6, 6.07) is 61.0. The van der Waals surface area contributed by atoms with Crippen LogP contribution in [0.2, 0.25) is 0 Å². The molecule has 0 unspecified atom stereocenters. The molecule has 0 spiro atoms. The Balaban J connectivity index is 1.14. The summed E-state index contributed by atoms with van der Waals surface area (Å²) >= 11 is 0. The van der Waals surface area contributed by atoms with Gasteiger partial charge in [-0.2, -0.15) is 0 Å². The Morgan fingerprint density at radius 1 is 0.481 bits per heavy atom. The standard InChI is InChI=1S/C51H34N2O/c1-4-13-33(14-5-1)36-23-26-40-41-27-24-37(34-15-6-2-7-16-34)30-48(41)53(47(40)29-36)38-25-28-43-50(31-38)54-49-22-12-20-42(51(43)49)44-32-46(35-17-8-3-9-18-35)52-45-21-11-10-19-39(44)45/h1-9,11-18,20-32H,10,19H2. The maximum absolute atomic E-state index is 6.78. The first-order chi connectivity index (χ1) is 26.8. The van der Waals surface area contributed by atoms with Gasteiger partial charge in [-0.05, 0) is 94.3 Å². The first-order valence-corrected chi connectivity index (χ1v) is 18.7. The van der Waals surface area contributed by atoms with Crippen molar-refractivity contribution >= 4 is 49.8 Å². The van der Waals surface area contributed by atoms with Gasteiger partial charge in [-0.25, -0.2) is 4.98 Å². The first-order valence-electron chi connectivity index (χ1n) is 18.7. The van der Waals surface area contributed by atoms with Crippen LogP contribution >= 0.6 is 0 Å². The molecule has 3 nitrogen and oxygen atoms in total. The maximum atomic E-state index is 6.78. The van der Waals surface area contributed by atoms with E-state index in [1.807, 2.05) is 0 Å². The average Bonchev–Trinajstić information content (AvgIpc) is 3.79. The van der Waals surface area contributed by atoms with E-state index in [0.29, 0.717) is 0 Å². The molecular weight excluding hydrogens is 657 g/mol. The third-order valence-corrected chi connectivity index (χ3v) is 11.1. The van der Waals surface area contributed by atoms with Gasteiger partial charge in [0, 0.05) is 38.9 Å². The number of pyridine rings is 1. The molecule has 1 aliphatic carbocycles. The van der Waals surface area contributed by atoms with Crippen LogP contribution in [0.4, 0.5) is 0 Å². The largest absolute Gasteiger partial charge is 0.456 e. The minimum absolute atomic E-state index is 0.870. The van der Waals surface area contributed by atoms with Crippen LogP contribution in [0.1, 0.15) is 17.7 Å². The minimum atomic E-state index is 0.870. The summed E-state index contributed by atoms with van der Waals surface area (Å²) in [6.45, 7) is 0. The number of aromatic nitrogens is 2. The third-order valence-electron chi connectivity index (χ3n) is 11.1. The van der Waals surface area contributed by atoms with Gasteiger partial charge in [-0.15, -0.1) is 0 Å². The van der Waals surface area contributed by atoms with Gasteiger partial charge >= 0.3 is 0 Å². The Kier molecular flexibility index (Phi) is 6.99. The highest BCUT2D eigenvalue weighted by Gasteiger charge is 2.21. The van der Waals surface area contributed by atoms with Crippen LogP contribution in [-0.2, 0) is 6.42 Å². The highest BCUT2D eigenvalue weighted by atomic mass is 16.3. The summed E-state index contributed by atoms with van der Waals surface area (Å²) in [5, 5.41) is 4.70. The van der Waals surface area contributed by atoms with E-state index in [2.05, 4.69) is 187 Å². The monoisotopic (exact) mass is 690 g/mol. The second-order valence-corrected chi connectivity index (χ2v) is 14.2. The normalized spacial score (nSPS) is 12.6. The first kappa shape index (κ1) is 30.6. The van der Waals surface area contributed by atoms with Crippen molar-refractivity contribution in [2.24, 2.45) is 0 Å². The summed E-state index contributed by atoms with van der Waals surface area (Å²) in [5.41, 5.74) is 16.8. The van der Waals surface area contributed by atoms with Crippen molar-refractivity contribution in [1.82, 2.24) is 9.55 Å². The molecule has 0 bridgehead atoms. The second-order valence-electron chi connectivity index (χ2n) is 14.2. The molecule has 54 heavy (non-hydrogen) atoms. The molecule has 0 radical (unpaired) electrons. The van der Waals surface area contributed by atoms with E-state index in [9.17, 15) is 0 Å². The van der Waals surface area contributed by atoms with E-state index >= 15 is 0 Å². The van der Waals surface area contributed by atoms with E-state index in [0.717, 1.165) is 68.5 Å². The van der Waals surface area contributed by atoms with E-state index in [1.165, 1.54) is 49.7 Å². The summed E-state index contributed by atoms with van der Waals surface area (Å²) in [7, 11) is 0. The molecular formula is C51H34N2O. The lowest BCUT2D eigenvalue weighted by Crippen LogP contribution is -2.02. The van der Waals surface area contributed by atoms with E-state index in [4.69, 9.17) is 9.40 Å². The molecule has 7 aromatic carbocycles. The van der Waals surface area contributed by atoms with Crippen LogP contribution in [0.15, 0.2) is 180 Å². The molecule has 3 aromatic heterocycles. The topological polar surface area (TPSA) is 31.0 Å². The Labute approximate surface area is 313 Å². The van der Waals surface area contributed by atoms with Gasteiger partial charge in [0.25, 0.3) is 0 Å². The fraction of sp³-hybridized carbons (Fsp3) is 0.0392. The van der Waals surface area contributed by atoms with Crippen molar-refractivity contribution in [2.45, 2.75) is 12.8 Å². The highest BCUT2D eigenvalue weighted by molar-refractivity contribution is 6.14. The zero-order valence-corrected chi connectivity index (χ0v) is 29.5. The van der Waals surface area contributed by atoms with Gasteiger partial charge < -0.3 is 8.98 Å². The molecule has 0 amide bonds. The van der Waals surface area contributed by atoms with Gasteiger partial charge in [0.05, 0.1) is 22.4 Å². The van der Waals surface area contributed by atoms with Gasteiger partial charge in [-0.3, -0.25) is 0 Å². The molecule has 3 heteroatoms. The highest BCUT2D eigenvalue weighted by Crippen LogP contribution is 2.43. The lowest BCUT2D eigenvalue weighted by molar-refractivity contribution is 0.668. The number of hydrogen-bond acceptors (Lipinski definition) is 2. The Hall–Kier alpha value is -6.97. The van der Waals surface area contributed by atoms with Crippen molar-refractivity contribution in [2.75, 3.05) is 0 Å². The molecule has 254 valence electrons. The lowest BCUT2D eigenvalue weighted by atomic mass is 9.89. The summed E-state index contributed by atoms with van der Waals surface area (Å²) in [4.78, 5) is 5.13. The zero-order valence-electron chi connectivity index (χ0n) is 29.5. The third kappa shape index (κ3) is 4.93. The number of allylic oxidation sites excluding steroid dienone is 1. The van der Waals surface area contributed by atoms with Crippen LogP contribution in [-0.4, -0.2) is 9.55 Å². The second kappa shape index (κ2) is 12.3. The predicted molar refractivity (Wildman–Crippen MR) is 225 cm³/mol. The number of nitrogens with zero attached hydrogens (tertiary/aromatic N) is 2. The molecule has 10 aromatic rings. The number of hydrogen-bond donors (Lipinski definition) is 0. The molecule has 0 saturated carbocycles. The number of fused-ring (bicyclic) bond motifs is 7. The predicted octanol–water partition coefficient (Wildman–Crippen LogP) is 13.7. The smallest absolute Gasteiger partial charge is 0.137 e. The zero-order chi connectivity index (χ0) is 35.6. The summed E-state index contributed by atoms with van der Waals surface area (Å²) in [5.74, 6) is 0. The fourth-order valence-electron chi connectivity index (χ4n) is 8.51. The average molecular weight is 691 g/mol. The van der Waals surface area contributed by atoms with E-state index in [-0.39, 0.29) is 0 Å². The van der Waals surface area contributed by atoms with Crippen LogP contribution in [0, 0.1) is 0 Å². The van der Waals surface area contributed by atoms with Crippen molar-refractivity contribution < 1.29 is 4.42 Å². The Morgan fingerprint density at radius 2 is 1.11 bits per heavy atom. The van der Waals surface area contributed by atoms with Crippen molar-refractivity contribution in [3.63, 3.8) is 0 Å². The van der Waals surface area contributed by atoms with Crippen molar-refractivity contribution in [3.05, 3.63) is 187 Å². The van der Waals surface area contributed by atoms with Gasteiger partial charge in [0.1, 0.15) is 11.2 Å². The van der Waals surface area contributed by atoms with E-state index < -0.39 is 0 Å². The maximum Gasteiger partial charge on any atom is 0.137 e. The number of rotatable bonds is 5. The quantitative estimate of drug-likeness (QED) is 0.180. The molecule has 1 aliphatic rings. The molecule has 0 atom stereocenters. The SMILES string of the molecule is C1=Cc2nc(-c3ccccc3)cc(-c3cccc4oc5cc(-n6c7cc(-c8ccccc8)ccc7c7ccc(-c8ccccc8)cc76)ccc5c34)c2CC1. The Bertz CT molecular complexity index is 2980. The molecule has 0 N–H and O–H groups in total. The summed E-state index contributed by atoms with van der Waals surface area (Å²) < 4.78 is 9.19. The lowest BCUT2D eigenvalue weighted by Gasteiger charge is -2.18. The molecule has 3 heterocycles. The fourth-order valence-corrected chi connectivity index (χ4v) is 8.51. The van der Waals surface area contributed by atoms with Crippen LogP contribution in [0.25, 0.3) is 100 Å². The van der Waals surface area contributed by atoms with Crippen LogP contribution in [0.3, 0.4) is 0 Å². The number of benzene rings is 7. The van der Waals surface area contributed by atoms with Crippen LogP contribution < -0.4 is 0 Å².